The number of hydrogen-bond acceptors (Lipinski definition) is 14. The van der Waals surface area contributed by atoms with Crippen LogP contribution < -0.4 is 20.1 Å². The molecule has 6 N–H and O–H groups in total. The number of thiocarbonyl (C=S) groups is 2. The van der Waals surface area contributed by atoms with Gasteiger partial charge in [0.25, 0.3) is 11.8 Å². The Labute approximate surface area is 248 Å². The normalized spacial score (nSPS) is 12.4. The molecule has 0 bridgehead atoms. The van der Waals surface area contributed by atoms with Crippen molar-refractivity contribution in [3.8, 4) is 11.4 Å². The van der Waals surface area contributed by atoms with E-state index in [1.807, 2.05) is 0 Å². The quantitative estimate of drug-likeness (QED) is 0.0581. The van der Waals surface area contributed by atoms with E-state index in [0.717, 1.165) is 0 Å². The van der Waals surface area contributed by atoms with Crippen LogP contribution in [0.25, 0.3) is 11.4 Å². The fourth-order valence-electron chi connectivity index (χ4n) is 2.53. The summed E-state index contributed by atoms with van der Waals surface area (Å²) in [7, 11) is 5.72. The van der Waals surface area contributed by atoms with Gasteiger partial charge in [-0.25, -0.2) is 9.44 Å². The van der Waals surface area contributed by atoms with Gasteiger partial charge in [0, 0.05) is 48.1 Å². The minimum Gasteiger partial charge on any atom is -0.394 e. The average Bonchev–Trinajstić information content (AvgIpc) is 2.96. The van der Waals surface area contributed by atoms with Crippen molar-refractivity contribution in [3.05, 3.63) is 47.8 Å². The van der Waals surface area contributed by atoms with Crippen LogP contribution in [0.5, 0.6) is 0 Å². The Hall–Kier alpha value is -1.34. The maximum atomic E-state index is 12.6. The summed E-state index contributed by atoms with van der Waals surface area (Å²) >= 11 is 9.60. The molecule has 2 aromatic rings. The number of amides is 2. The first-order chi connectivity index (χ1) is 18.5. The van der Waals surface area contributed by atoms with E-state index in [2.05, 4.69) is 30.0 Å². The number of carbonyl (C=O) groups is 2. The van der Waals surface area contributed by atoms with Gasteiger partial charge in [-0.05, 0) is 57.0 Å². The first kappa shape index (κ1) is 32.9. The van der Waals surface area contributed by atoms with Crippen LogP contribution in [-0.2, 0) is 0 Å². The number of nitrogens with one attached hydrogen (secondary N) is 4. The Balaban J connectivity index is 1.82. The largest absolute Gasteiger partial charge is 0.394 e. The van der Waals surface area contributed by atoms with Gasteiger partial charge in [0.2, 0.25) is 0 Å². The lowest BCUT2D eigenvalue weighted by molar-refractivity contribution is 0.0947. The Morgan fingerprint density at radius 3 is 1.61 bits per heavy atom. The van der Waals surface area contributed by atoms with Crippen molar-refractivity contribution < 1.29 is 19.8 Å². The fourth-order valence-corrected chi connectivity index (χ4v) is 6.37. The minimum atomic E-state index is -0.251. The topological polar surface area (TPSA) is 148 Å². The van der Waals surface area contributed by atoms with Crippen LogP contribution in [0, 0.1) is 0 Å². The number of aliphatic hydroxyl groups excluding tert-OH is 2. The highest BCUT2D eigenvalue weighted by Gasteiger charge is 2.12. The molecular weight excluding hydrogens is 605 g/mol. The second-order valence-corrected chi connectivity index (χ2v) is 12.3. The molecule has 0 aliphatic rings. The molecule has 10 nitrogen and oxygen atoms in total. The number of rotatable bonds is 19. The summed E-state index contributed by atoms with van der Waals surface area (Å²) in [6.45, 7) is 0.762. The zero-order valence-electron chi connectivity index (χ0n) is 20.1. The van der Waals surface area contributed by atoms with Crippen LogP contribution in [0.2, 0.25) is 0 Å². The second kappa shape index (κ2) is 19.7. The van der Waals surface area contributed by atoms with E-state index in [1.165, 1.54) is 66.7 Å². The molecule has 0 radical (unpaired) electrons. The SMILES string of the molecule is O=C(NCCSSN[C@@H](C=S)CO)c1ccnc(-c2cc(C(=O)NCCSSN[C@@H](C=S)CO)ccn2)c1. The number of hydrogen-bond donors (Lipinski definition) is 6. The maximum Gasteiger partial charge on any atom is 0.251 e. The molecule has 0 aliphatic heterocycles. The number of aliphatic hydroxyl groups is 2. The molecule has 2 aromatic heterocycles. The van der Waals surface area contributed by atoms with E-state index >= 15 is 0 Å². The van der Waals surface area contributed by atoms with E-state index in [4.69, 9.17) is 34.6 Å². The molecule has 206 valence electrons. The van der Waals surface area contributed by atoms with Crippen molar-refractivity contribution >= 4 is 90.5 Å². The van der Waals surface area contributed by atoms with Crippen molar-refractivity contribution in [1.29, 1.82) is 0 Å². The summed E-state index contributed by atoms with van der Waals surface area (Å²) in [5.74, 6) is 0.822. The Bertz CT molecular complexity index is 971. The summed E-state index contributed by atoms with van der Waals surface area (Å²) < 4.78 is 6.00. The Morgan fingerprint density at radius 2 is 1.24 bits per heavy atom. The van der Waals surface area contributed by atoms with Crippen LogP contribution in [0.3, 0.4) is 0 Å². The molecule has 2 atom stereocenters. The first-order valence-corrected chi connectivity index (χ1v) is 16.8. The Morgan fingerprint density at radius 1 is 0.816 bits per heavy atom. The number of nitrogens with zero attached hydrogens (tertiary/aromatic N) is 2. The molecular formula is C22H28N6O4S6. The van der Waals surface area contributed by atoms with Crippen LogP contribution >= 0.6 is 68.0 Å². The fraction of sp³-hybridized carbons (Fsp3) is 0.364. The lowest BCUT2D eigenvalue weighted by Crippen LogP contribution is -2.28. The van der Waals surface area contributed by atoms with Crippen LogP contribution in [0.4, 0.5) is 0 Å². The predicted molar refractivity (Wildman–Crippen MR) is 168 cm³/mol. The zero-order chi connectivity index (χ0) is 27.6. The lowest BCUT2D eigenvalue weighted by Gasteiger charge is -2.10. The lowest BCUT2D eigenvalue weighted by atomic mass is 10.1. The molecule has 2 heterocycles. The first-order valence-electron chi connectivity index (χ1n) is 11.2. The third kappa shape index (κ3) is 12.2. The molecule has 0 unspecified atom stereocenters. The standard InChI is InChI=1S/C22H28N6O4S6/c29-11-17(13-33)27-37-35-7-5-25-21(31)15-1-3-23-19(9-15)20-10-16(2-4-24-20)22(32)26-6-8-36-38-28-18(12-30)14-34/h1-4,9-10,13-14,17-18,27-30H,5-8,11-12H2,(H,25,31)(H,26,32)/t17-,18-/m1/s1. The van der Waals surface area contributed by atoms with Crippen molar-refractivity contribution in [2.24, 2.45) is 0 Å². The van der Waals surface area contributed by atoms with Gasteiger partial charge >= 0.3 is 0 Å². The highest BCUT2D eigenvalue weighted by molar-refractivity contribution is 8.76. The van der Waals surface area contributed by atoms with Crippen molar-refractivity contribution in [2.75, 3.05) is 37.8 Å². The summed E-state index contributed by atoms with van der Waals surface area (Å²) in [4.78, 5) is 33.7. The average molecular weight is 633 g/mol. The minimum absolute atomic E-state index is 0.0698. The Kier molecular flexibility index (Phi) is 17.0. The third-order valence-corrected chi connectivity index (χ3v) is 9.20. The van der Waals surface area contributed by atoms with Crippen LogP contribution in [-0.4, -0.2) is 92.6 Å². The smallest absolute Gasteiger partial charge is 0.251 e. The predicted octanol–water partition coefficient (Wildman–Crippen LogP) is 2.10. The molecule has 0 saturated heterocycles. The van der Waals surface area contributed by atoms with E-state index in [-0.39, 0.29) is 37.1 Å². The summed E-state index contributed by atoms with van der Waals surface area (Å²) in [6.07, 6.45) is 3.06. The van der Waals surface area contributed by atoms with Gasteiger partial charge in [0.05, 0.1) is 36.7 Å². The third-order valence-electron chi connectivity index (χ3n) is 4.49. The van der Waals surface area contributed by atoms with Gasteiger partial charge in [-0.1, -0.05) is 46.0 Å². The van der Waals surface area contributed by atoms with E-state index < -0.39 is 0 Å². The number of aromatic nitrogens is 2. The van der Waals surface area contributed by atoms with Gasteiger partial charge < -0.3 is 20.8 Å². The van der Waals surface area contributed by atoms with Gasteiger partial charge in [-0.2, -0.15) is 0 Å². The number of pyridine rings is 2. The molecule has 2 rings (SSSR count). The summed E-state index contributed by atoms with van der Waals surface area (Å²) in [5, 5.41) is 26.8. The second-order valence-electron chi connectivity index (χ2n) is 7.27. The molecule has 0 saturated carbocycles. The number of carbonyl (C=O) groups excluding carboxylic acids is 2. The van der Waals surface area contributed by atoms with E-state index in [9.17, 15) is 9.59 Å². The summed E-state index contributed by atoms with van der Waals surface area (Å²) in [5.41, 5.74) is 1.82. The van der Waals surface area contributed by atoms with E-state index in [0.29, 0.717) is 47.1 Å². The van der Waals surface area contributed by atoms with E-state index in [1.54, 1.807) is 24.3 Å². The molecule has 38 heavy (non-hydrogen) atoms. The van der Waals surface area contributed by atoms with Gasteiger partial charge in [-0.3, -0.25) is 19.6 Å². The monoisotopic (exact) mass is 632 g/mol. The van der Waals surface area contributed by atoms with Gasteiger partial charge in [0.1, 0.15) is 0 Å². The van der Waals surface area contributed by atoms with Crippen molar-refractivity contribution in [1.82, 2.24) is 30.0 Å². The molecule has 0 aliphatic carbocycles. The van der Waals surface area contributed by atoms with Crippen LogP contribution in [0.15, 0.2) is 36.7 Å². The highest BCUT2D eigenvalue weighted by Crippen LogP contribution is 2.19. The molecule has 2 amide bonds. The molecule has 0 spiro atoms. The molecule has 0 aromatic carbocycles. The van der Waals surface area contributed by atoms with Crippen LogP contribution in [0.1, 0.15) is 20.7 Å². The van der Waals surface area contributed by atoms with Gasteiger partial charge in [0.15, 0.2) is 0 Å². The molecule has 0 fully saturated rings. The van der Waals surface area contributed by atoms with Crippen molar-refractivity contribution in [3.63, 3.8) is 0 Å². The highest BCUT2D eigenvalue weighted by atomic mass is 33.1. The summed E-state index contributed by atoms with van der Waals surface area (Å²) in [6, 6.07) is 6.00. The van der Waals surface area contributed by atoms with Gasteiger partial charge in [-0.15, -0.1) is 0 Å². The van der Waals surface area contributed by atoms with Crippen molar-refractivity contribution in [2.45, 2.75) is 12.1 Å². The zero-order valence-corrected chi connectivity index (χ0v) is 25.0. The molecule has 16 heteroatoms. The maximum absolute atomic E-state index is 12.6.